The van der Waals surface area contributed by atoms with Gasteiger partial charge in [0, 0.05) is 41.1 Å². The molecule has 20 heteroatoms. The van der Waals surface area contributed by atoms with Crippen LogP contribution in [0.15, 0.2) is 72.8 Å². The lowest BCUT2D eigenvalue weighted by atomic mass is 10.1. The number of aromatic nitrogens is 3. The average Bonchev–Trinajstić information content (AvgIpc) is 3.98. The molecule has 0 radical (unpaired) electrons. The summed E-state index contributed by atoms with van der Waals surface area (Å²) < 4.78 is 49.5. The maximum Gasteiger partial charge on any atom is 0.422 e. The molecular weight excluding hydrogens is 799 g/mol. The Kier molecular flexibility index (Phi) is 14.9. The number of nitrogens with zero attached hydrogens (tertiary/aromatic N) is 4. The Hall–Kier alpha value is -6.21. The number of hydrogen-bond acceptors (Lipinski definition) is 12. The summed E-state index contributed by atoms with van der Waals surface area (Å²) in [6.45, 7) is 5.16. The Morgan fingerprint density at radius 3 is 2.24 bits per heavy atom. The topological polar surface area (TPSA) is 209 Å². The van der Waals surface area contributed by atoms with Crippen molar-refractivity contribution in [3.05, 3.63) is 88.9 Å². The van der Waals surface area contributed by atoms with E-state index in [1.165, 1.54) is 24.3 Å². The second-order valence-electron chi connectivity index (χ2n) is 13.4. The third-order valence-corrected chi connectivity index (χ3v) is 9.32. The molecule has 0 spiro atoms. The normalized spacial score (nSPS) is 13.5. The van der Waals surface area contributed by atoms with Crippen molar-refractivity contribution in [2.75, 3.05) is 55.3 Å². The maximum absolute atomic E-state index is 13.0. The summed E-state index contributed by atoms with van der Waals surface area (Å²) in [6.07, 6.45) is -3.50. The molecule has 16 nitrogen and oxygen atoms in total. The summed E-state index contributed by atoms with van der Waals surface area (Å²) in [5, 5.41) is 23.5. The lowest BCUT2D eigenvalue weighted by molar-refractivity contribution is -0.154. The van der Waals surface area contributed by atoms with Crippen molar-refractivity contribution in [1.82, 2.24) is 30.5 Å². The van der Waals surface area contributed by atoms with E-state index in [2.05, 4.69) is 60.3 Å². The zero-order chi connectivity index (χ0) is 42.6. The summed E-state index contributed by atoms with van der Waals surface area (Å²) in [7, 11) is 0. The lowest BCUT2D eigenvalue weighted by Crippen LogP contribution is -2.44. The predicted molar refractivity (Wildman–Crippen MR) is 212 cm³/mol. The van der Waals surface area contributed by atoms with Crippen molar-refractivity contribution >= 4 is 58.6 Å². The Balaban J connectivity index is 1.14. The van der Waals surface area contributed by atoms with Crippen LogP contribution in [0.5, 0.6) is 11.8 Å². The number of amides is 3. The van der Waals surface area contributed by atoms with Crippen LogP contribution in [0.2, 0.25) is 5.02 Å². The van der Waals surface area contributed by atoms with E-state index in [1.54, 1.807) is 36.4 Å². The van der Waals surface area contributed by atoms with Gasteiger partial charge in [-0.1, -0.05) is 43.6 Å². The number of benzene rings is 3. The molecule has 1 atom stereocenters. The molecule has 6 N–H and O–H groups in total. The van der Waals surface area contributed by atoms with Crippen LogP contribution in [0.1, 0.15) is 49.0 Å². The molecule has 1 fully saturated rings. The van der Waals surface area contributed by atoms with Gasteiger partial charge in [-0.15, -0.1) is 0 Å². The highest BCUT2D eigenvalue weighted by Crippen LogP contribution is 2.48. The minimum atomic E-state index is -4.65. The molecule has 0 unspecified atom stereocenters. The number of rotatable bonds is 20. The number of hydrogen-bond donors (Lipinski definition) is 6. The Morgan fingerprint density at radius 2 is 1.59 bits per heavy atom. The fourth-order valence-corrected chi connectivity index (χ4v) is 5.83. The minimum Gasteiger partial charge on any atom is -0.492 e. The summed E-state index contributed by atoms with van der Waals surface area (Å²) >= 11 is 6.03. The van der Waals surface area contributed by atoms with Gasteiger partial charge in [0.2, 0.25) is 11.9 Å². The number of anilines is 4. The molecule has 314 valence electrons. The number of aliphatic carboxylic acids is 1. The smallest absolute Gasteiger partial charge is 0.422 e. The van der Waals surface area contributed by atoms with Crippen LogP contribution in [0, 0.1) is 0 Å². The van der Waals surface area contributed by atoms with Crippen molar-refractivity contribution < 1.29 is 46.9 Å². The van der Waals surface area contributed by atoms with Gasteiger partial charge in [0.1, 0.15) is 18.4 Å². The number of nitrogens with one attached hydrogen (secondary N) is 5. The van der Waals surface area contributed by atoms with Gasteiger partial charge in [0.05, 0.1) is 5.54 Å². The van der Waals surface area contributed by atoms with Gasteiger partial charge >= 0.3 is 30.0 Å². The van der Waals surface area contributed by atoms with E-state index in [1.807, 2.05) is 12.1 Å². The molecule has 0 aliphatic heterocycles. The molecule has 3 aromatic carbocycles. The monoisotopic (exact) mass is 841 g/mol. The van der Waals surface area contributed by atoms with Crippen molar-refractivity contribution in [2.45, 2.75) is 50.9 Å². The second kappa shape index (κ2) is 20.0. The Bertz CT molecular complexity index is 2090. The quantitative estimate of drug-likeness (QED) is 0.0621. The molecule has 1 saturated carbocycles. The SMILES string of the molecule is CCN(CC)CCOc1cccc(NC(=O)C(=O)NCC[C@H](NC(=O)c2ccc(Nc3nc(NC4(c5ccc(Cl)cc5)CC4)nc(OCC(F)(F)F)n3)cc2)C(=O)O)c1. The van der Waals surface area contributed by atoms with E-state index in [9.17, 15) is 37.5 Å². The summed E-state index contributed by atoms with van der Waals surface area (Å²) in [4.78, 5) is 64.4. The number of carbonyl (C=O) groups is 4. The first kappa shape index (κ1) is 43.9. The average molecular weight is 842 g/mol. The van der Waals surface area contributed by atoms with Crippen LogP contribution >= 0.6 is 11.6 Å². The first-order valence-electron chi connectivity index (χ1n) is 18.6. The molecule has 0 bridgehead atoms. The molecule has 1 aliphatic carbocycles. The van der Waals surface area contributed by atoms with Crippen LogP contribution < -0.4 is 36.1 Å². The van der Waals surface area contributed by atoms with Crippen LogP contribution in [-0.4, -0.2) is 100 Å². The molecule has 0 saturated heterocycles. The molecule has 1 aromatic heterocycles. The number of carboxylic acids is 1. The van der Waals surface area contributed by atoms with Gasteiger partial charge < -0.3 is 46.1 Å². The van der Waals surface area contributed by atoms with Crippen LogP contribution in [0.4, 0.5) is 36.4 Å². The third kappa shape index (κ3) is 13.4. The fraction of sp³-hybridized carbons (Fsp3) is 0.359. The summed E-state index contributed by atoms with van der Waals surface area (Å²) in [5.74, 6) is -3.81. The molecule has 1 heterocycles. The zero-order valence-corrected chi connectivity index (χ0v) is 32.8. The van der Waals surface area contributed by atoms with E-state index < -0.39 is 54.1 Å². The van der Waals surface area contributed by atoms with Crippen LogP contribution in [-0.2, 0) is 19.9 Å². The fourth-order valence-electron chi connectivity index (χ4n) is 5.70. The number of carbonyl (C=O) groups excluding carboxylic acids is 3. The number of halogens is 4. The first-order valence-corrected chi connectivity index (χ1v) is 19.0. The Morgan fingerprint density at radius 1 is 0.898 bits per heavy atom. The van der Waals surface area contributed by atoms with Gasteiger partial charge in [-0.2, -0.15) is 28.1 Å². The second-order valence-corrected chi connectivity index (χ2v) is 13.8. The van der Waals surface area contributed by atoms with E-state index in [-0.39, 0.29) is 30.4 Å². The Labute approximate surface area is 342 Å². The lowest BCUT2D eigenvalue weighted by Gasteiger charge is -2.19. The molecular formula is C39H43ClF3N9O7. The standard InChI is InChI=1S/C39H43ClF3N9O7/c1-3-52(4-2)20-21-58-29-7-5-6-28(22-29)45-33(55)32(54)44-19-16-30(34(56)57)47-31(53)24-8-14-27(15-9-24)46-35-48-36(50-37(49-35)59-23-39(41,42)43)51-38(17-18-38)25-10-12-26(40)13-11-25/h5-15,22,30H,3-4,16-21,23H2,1-2H3,(H,44,54)(H,45,55)(H,47,53)(H,56,57)(H2,46,48,49,50,51)/t30-/m0/s1. The highest BCUT2D eigenvalue weighted by Gasteiger charge is 2.45. The van der Waals surface area contributed by atoms with Crippen molar-refractivity contribution in [3.8, 4) is 11.8 Å². The molecule has 59 heavy (non-hydrogen) atoms. The number of likely N-dealkylation sites (N-methyl/N-ethyl adjacent to an activating group) is 1. The van der Waals surface area contributed by atoms with Gasteiger partial charge in [0.25, 0.3) is 5.91 Å². The van der Waals surface area contributed by atoms with Crippen molar-refractivity contribution in [3.63, 3.8) is 0 Å². The van der Waals surface area contributed by atoms with Crippen molar-refractivity contribution in [2.24, 2.45) is 0 Å². The van der Waals surface area contributed by atoms with E-state index in [0.717, 1.165) is 25.2 Å². The van der Waals surface area contributed by atoms with Crippen molar-refractivity contribution in [1.29, 1.82) is 0 Å². The number of ether oxygens (including phenoxy) is 2. The first-order chi connectivity index (χ1) is 28.1. The number of carboxylic acid groups (broad SMARTS) is 1. The number of alkyl halides is 3. The van der Waals surface area contributed by atoms with E-state index in [4.69, 9.17) is 21.1 Å². The highest BCUT2D eigenvalue weighted by molar-refractivity contribution is 6.39. The zero-order valence-electron chi connectivity index (χ0n) is 32.1. The largest absolute Gasteiger partial charge is 0.492 e. The van der Waals surface area contributed by atoms with Gasteiger partial charge in [-0.05, 0) is 86.4 Å². The highest BCUT2D eigenvalue weighted by atomic mass is 35.5. The molecule has 1 aliphatic rings. The van der Waals surface area contributed by atoms with E-state index in [0.29, 0.717) is 41.6 Å². The molecule has 5 rings (SSSR count). The minimum absolute atomic E-state index is 0.0446. The van der Waals surface area contributed by atoms with E-state index >= 15 is 0 Å². The van der Waals surface area contributed by atoms with Gasteiger partial charge in [-0.3, -0.25) is 14.4 Å². The molecule has 4 aromatic rings. The van der Waals surface area contributed by atoms with Crippen LogP contribution in [0.25, 0.3) is 0 Å². The van der Waals surface area contributed by atoms with Crippen LogP contribution in [0.3, 0.4) is 0 Å². The molecule has 3 amide bonds. The summed E-state index contributed by atoms with van der Waals surface area (Å²) in [6, 6.07) is 17.3. The van der Waals surface area contributed by atoms with Gasteiger partial charge in [0.15, 0.2) is 6.61 Å². The van der Waals surface area contributed by atoms with Gasteiger partial charge in [-0.25, -0.2) is 4.79 Å². The maximum atomic E-state index is 13.0. The predicted octanol–water partition coefficient (Wildman–Crippen LogP) is 5.36. The third-order valence-electron chi connectivity index (χ3n) is 9.07. The summed E-state index contributed by atoms with van der Waals surface area (Å²) in [5.41, 5.74) is 1.03.